The molecule has 1 aromatic heterocycles. The first-order chi connectivity index (χ1) is 11.8. The number of nitrogens with one attached hydrogen (secondary N) is 2. The molecule has 0 atom stereocenters. The molecule has 6 nitrogen and oxygen atoms in total. The molecule has 0 aliphatic heterocycles. The van der Waals surface area contributed by atoms with Crippen LogP contribution in [0.2, 0.25) is 0 Å². The van der Waals surface area contributed by atoms with Gasteiger partial charge in [0.2, 0.25) is 5.95 Å². The van der Waals surface area contributed by atoms with Crippen molar-refractivity contribution < 1.29 is 9.47 Å². The second-order valence-electron chi connectivity index (χ2n) is 5.41. The van der Waals surface area contributed by atoms with E-state index in [0.29, 0.717) is 5.95 Å². The van der Waals surface area contributed by atoms with Crippen LogP contribution in [-0.4, -0.2) is 37.3 Å². The molecule has 0 aliphatic rings. The Morgan fingerprint density at radius 2 is 1.83 bits per heavy atom. The summed E-state index contributed by atoms with van der Waals surface area (Å²) in [6.07, 6.45) is 4.89. The van der Waals surface area contributed by atoms with E-state index in [1.807, 2.05) is 24.3 Å². The quantitative estimate of drug-likeness (QED) is 0.651. The Balaban J connectivity index is 1.86. The van der Waals surface area contributed by atoms with Crippen LogP contribution in [0.3, 0.4) is 0 Å². The molecule has 2 aromatic rings. The highest BCUT2D eigenvalue weighted by Gasteiger charge is 2.05. The number of rotatable bonds is 10. The van der Waals surface area contributed by atoms with Gasteiger partial charge in [-0.2, -0.15) is 4.98 Å². The topological polar surface area (TPSA) is 68.3 Å². The maximum atomic E-state index is 5.33. The molecule has 2 rings (SSSR count). The molecule has 0 aliphatic carbocycles. The fourth-order valence-electron chi connectivity index (χ4n) is 2.29. The minimum Gasteiger partial charge on any atom is -0.493 e. The summed E-state index contributed by atoms with van der Waals surface area (Å²) < 4.78 is 10.6. The molecule has 2 N–H and O–H groups in total. The smallest absolute Gasteiger partial charge is 0.224 e. The molecule has 0 radical (unpaired) electrons. The molecular formula is C18H26N4O2. The largest absolute Gasteiger partial charge is 0.493 e. The summed E-state index contributed by atoms with van der Waals surface area (Å²) in [6.45, 7) is 3.83. The summed E-state index contributed by atoms with van der Waals surface area (Å²) in [7, 11) is 3.29. The van der Waals surface area contributed by atoms with Crippen LogP contribution in [0.1, 0.15) is 25.3 Å². The lowest BCUT2D eigenvalue weighted by Crippen LogP contribution is -2.09. The van der Waals surface area contributed by atoms with Gasteiger partial charge in [-0.05, 0) is 36.6 Å². The van der Waals surface area contributed by atoms with Gasteiger partial charge in [0.15, 0.2) is 11.5 Å². The summed E-state index contributed by atoms with van der Waals surface area (Å²) >= 11 is 0. The molecular weight excluding hydrogens is 304 g/mol. The van der Waals surface area contributed by atoms with Crippen LogP contribution in [-0.2, 0) is 6.42 Å². The molecule has 0 saturated heterocycles. The van der Waals surface area contributed by atoms with Gasteiger partial charge >= 0.3 is 0 Å². The van der Waals surface area contributed by atoms with Crippen molar-refractivity contribution in [3.63, 3.8) is 0 Å². The zero-order valence-electron chi connectivity index (χ0n) is 14.6. The van der Waals surface area contributed by atoms with E-state index in [1.165, 1.54) is 5.56 Å². The maximum Gasteiger partial charge on any atom is 0.224 e. The van der Waals surface area contributed by atoms with Gasteiger partial charge in [0.25, 0.3) is 0 Å². The maximum absolute atomic E-state index is 5.33. The Bertz CT molecular complexity index is 634. The first-order valence-corrected chi connectivity index (χ1v) is 8.28. The average Bonchev–Trinajstić information content (AvgIpc) is 2.62. The van der Waals surface area contributed by atoms with E-state index in [0.717, 1.165) is 49.7 Å². The highest BCUT2D eigenvalue weighted by Crippen LogP contribution is 2.27. The second kappa shape index (κ2) is 9.60. The van der Waals surface area contributed by atoms with Crippen LogP contribution >= 0.6 is 0 Å². The number of unbranched alkanes of at least 4 members (excludes halogenated alkanes) is 1. The zero-order valence-corrected chi connectivity index (χ0v) is 14.6. The normalized spacial score (nSPS) is 10.3. The number of hydrogen-bond donors (Lipinski definition) is 2. The predicted octanol–water partition coefficient (Wildman–Crippen LogP) is 3.36. The highest BCUT2D eigenvalue weighted by atomic mass is 16.5. The average molecular weight is 330 g/mol. The Labute approximate surface area is 143 Å². The van der Waals surface area contributed by atoms with Gasteiger partial charge in [-0.25, -0.2) is 4.98 Å². The first kappa shape index (κ1) is 17.8. The van der Waals surface area contributed by atoms with Crippen LogP contribution in [0, 0.1) is 0 Å². The molecule has 24 heavy (non-hydrogen) atoms. The van der Waals surface area contributed by atoms with Crippen molar-refractivity contribution in [1.82, 2.24) is 9.97 Å². The van der Waals surface area contributed by atoms with Crippen molar-refractivity contribution in [3.05, 3.63) is 36.0 Å². The van der Waals surface area contributed by atoms with E-state index in [-0.39, 0.29) is 0 Å². The number of benzene rings is 1. The fraction of sp³-hybridized carbons (Fsp3) is 0.444. The summed E-state index contributed by atoms with van der Waals surface area (Å²) in [5.41, 5.74) is 1.18. The molecule has 1 heterocycles. The molecule has 0 unspecified atom stereocenters. The number of ether oxygens (including phenoxy) is 2. The van der Waals surface area contributed by atoms with Crippen LogP contribution < -0.4 is 20.1 Å². The lowest BCUT2D eigenvalue weighted by molar-refractivity contribution is 0.354. The standard InChI is InChI=1S/C18H26N4O2/c1-4-5-10-20-18-21-12-9-17(22-18)19-11-8-14-6-7-15(23-2)16(13-14)24-3/h6-7,9,12-13H,4-5,8,10-11H2,1-3H3,(H2,19,20,21,22). The number of anilines is 2. The monoisotopic (exact) mass is 330 g/mol. The zero-order chi connectivity index (χ0) is 17.2. The summed E-state index contributed by atoms with van der Waals surface area (Å²) in [6, 6.07) is 7.84. The molecule has 0 spiro atoms. The summed E-state index contributed by atoms with van der Waals surface area (Å²) in [4.78, 5) is 8.69. The van der Waals surface area contributed by atoms with Gasteiger partial charge in [-0.15, -0.1) is 0 Å². The minimum absolute atomic E-state index is 0.666. The number of aromatic nitrogens is 2. The third kappa shape index (κ3) is 5.30. The number of hydrogen-bond acceptors (Lipinski definition) is 6. The Kier molecular flexibility index (Phi) is 7.14. The van der Waals surface area contributed by atoms with Crippen molar-refractivity contribution in [2.75, 3.05) is 37.9 Å². The second-order valence-corrected chi connectivity index (χ2v) is 5.41. The van der Waals surface area contributed by atoms with Gasteiger partial charge in [0.1, 0.15) is 5.82 Å². The van der Waals surface area contributed by atoms with Crippen molar-refractivity contribution >= 4 is 11.8 Å². The minimum atomic E-state index is 0.666. The van der Waals surface area contributed by atoms with E-state index in [9.17, 15) is 0 Å². The molecule has 130 valence electrons. The lowest BCUT2D eigenvalue weighted by Gasteiger charge is -2.11. The third-order valence-corrected chi connectivity index (χ3v) is 3.64. The molecule has 6 heteroatoms. The van der Waals surface area contributed by atoms with E-state index < -0.39 is 0 Å². The van der Waals surface area contributed by atoms with E-state index in [1.54, 1.807) is 20.4 Å². The Morgan fingerprint density at radius 1 is 1.00 bits per heavy atom. The highest BCUT2D eigenvalue weighted by molar-refractivity contribution is 5.43. The Morgan fingerprint density at radius 3 is 2.58 bits per heavy atom. The molecule has 1 aromatic carbocycles. The van der Waals surface area contributed by atoms with Gasteiger partial charge in [-0.3, -0.25) is 0 Å². The fourth-order valence-corrected chi connectivity index (χ4v) is 2.29. The van der Waals surface area contributed by atoms with E-state index in [4.69, 9.17) is 9.47 Å². The molecule has 0 amide bonds. The SMILES string of the molecule is CCCCNc1nccc(NCCc2ccc(OC)c(OC)c2)n1. The third-order valence-electron chi connectivity index (χ3n) is 3.64. The molecule has 0 bridgehead atoms. The van der Waals surface area contributed by atoms with Gasteiger partial charge in [-0.1, -0.05) is 19.4 Å². The van der Waals surface area contributed by atoms with Crippen molar-refractivity contribution in [2.24, 2.45) is 0 Å². The van der Waals surface area contributed by atoms with Crippen molar-refractivity contribution in [1.29, 1.82) is 0 Å². The predicted molar refractivity (Wildman–Crippen MR) is 97.2 cm³/mol. The first-order valence-electron chi connectivity index (χ1n) is 8.28. The lowest BCUT2D eigenvalue weighted by atomic mass is 10.1. The molecule has 0 saturated carbocycles. The van der Waals surface area contributed by atoms with Crippen LogP contribution in [0.4, 0.5) is 11.8 Å². The summed E-state index contributed by atoms with van der Waals surface area (Å²) in [5, 5.41) is 6.56. The van der Waals surface area contributed by atoms with Crippen LogP contribution in [0.25, 0.3) is 0 Å². The van der Waals surface area contributed by atoms with Gasteiger partial charge < -0.3 is 20.1 Å². The number of methoxy groups -OCH3 is 2. The number of nitrogens with zero attached hydrogens (tertiary/aromatic N) is 2. The Hall–Kier alpha value is -2.50. The van der Waals surface area contributed by atoms with Gasteiger partial charge in [0, 0.05) is 19.3 Å². The van der Waals surface area contributed by atoms with E-state index in [2.05, 4.69) is 27.5 Å². The van der Waals surface area contributed by atoms with Crippen LogP contribution in [0.15, 0.2) is 30.5 Å². The van der Waals surface area contributed by atoms with E-state index >= 15 is 0 Å². The summed E-state index contributed by atoms with van der Waals surface area (Å²) in [5.74, 6) is 2.98. The van der Waals surface area contributed by atoms with Crippen molar-refractivity contribution in [3.8, 4) is 11.5 Å². The molecule has 0 fully saturated rings. The van der Waals surface area contributed by atoms with Crippen molar-refractivity contribution in [2.45, 2.75) is 26.2 Å². The van der Waals surface area contributed by atoms with Gasteiger partial charge in [0.05, 0.1) is 14.2 Å². The van der Waals surface area contributed by atoms with Crippen LogP contribution in [0.5, 0.6) is 11.5 Å².